The molecule has 0 heterocycles. The third-order valence-corrected chi connectivity index (χ3v) is 6.20. The number of amides is 1. The molecule has 0 saturated carbocycles. The van der Waals surface area contributed by atoms with Gasteiger partial charge in [-0.3, -0.25) is 4.79 Å². The molecule has 192 valence electrons. The Hall–Kier alpha value is -4.01. The highest BCUT2D eigenvalue weighted by atomic mass is 35.5. The minimum Gasteiger partial charge on any atom is -0.490 e. The van der Waals surface area contributed by atoms with E-state index in [-0.39, 0.29) is 39.3 Å². The zero-order valence-electron chi connectivity index (χ0n) is 19.0. The zero-order valence-corrected chi connectivity index (χ0v) is 20.6. The maximum absolute atomic E-state index is 12.9. The van der Waals surface area contributed by atoms with Gasteiger partial charge in [0.2, 0.25) is 5.75 Å². The molecule has 1 N–H and O–H groups in total. The van der Waals surface area contributed by atoms with E-state index in [0.717, 1.165) is 24.3 Å². The molecule has 0 radical (unpaired) electrons. The van der Waals surface area contributed by atoms with Crippen LogP contribution in [-0.2, 0) is 21.1 Å². The van der Waals surface area contributed by atoms with Crippen LogP contribution in [0.25, 0.3) is 6.08 Å². The van der Waals surface area contributed by atoms with Gasteiger partial charge in [-0.25, -0.2) is 0 Å². The lowest BCUT2D eigenvalue weighted by Crippen LogP contribution is -2.14. The Morgan fingerprint density at radius 2 is 1.81 bits per heavy atom. The van der Waals surface area contributed by atoms with E-state index < -0.39 is 33.3 Å². The van der Waals surface area contributed by atoms with E-state index >= 15 is 0 Å². The number of nitrogens with one attached hydrogen (secondary N) is 1. The van der Waals surface area contributed by atoms with Crippen molar-refractivity contribution in [2.45, 2.75) is 18.0 Å². The first-order valence-corrected chi connectivity index (χ1v) is 12.3. The molecule has 12 heteroatoms. The van der Waals surface area contributed by atoms with Gasteiger partial charge in [0.05, 0.1) is 17.2 Å². The van der Waals surface area contributed by atoms with E-state index in [9.17, 15) is 31.6 Å². The highest BCUT2D eigenvalue weighted by Gasteiger charge is 2.30. The molecule has 3 aromatic carbocycles. The molecule has 7 nitrogen and oxygen atoms in total. The second kappa shape index (κ2) is 11.4. The fourth-order valence-corrected chi connectivity index (χ4v) is 4.33. The number of alkyl halides is 3. The summed E-state index contributed by atoms with van der Waals surface area (Å²) in [5.74, 6) is -1.34. The van der Waals surface area contributed by atoms with Crippen LogP contribution in [0.2, 0.25) is 5.02 Å². The lowest BCUT2D eigenvalue weighted by Gasteiger charge is -2.14. The molecule has 37 heavy (non-hydrogen) atoms. The number of halogens is 4. The fourth-order valence-electron chi connectivity index (χ4n) is 3.05. The number of nitrogens with zero attached hydrogens (tertiary/aromatic N) is 1. The number of benzene rings is 3. The first-order chi connectivity index (χ1) is 17.4. The van der Waals surface area contributed by atoms with E-state index in [0.29, 0.717) is 0 Å². The van der Waals surface area contributed by atoms with E-state index in [2.05, 4.69) is 5.32 Å². The third-order valence-electron chi connectivity index (χ3n) is 4.68. The van der Waals surface area contributed by atoms with Crippen molar-refractivity contribution in [3.63, 3.8) is 0 Å². The molecule has 0 bridgehead atoms. The topological polar surface area (TPSA) is 105 Å². The van der Waals surface area contributed by atoms with Crippen LogP contribution < -0.4 is 14.2 Å². The predicted molar refractivity (Wildman–Crippen MR) is 131 cm³/mol. The first kappa shape index (κ1) is 27.6. The van der Waals surface area contributed by atoms with Gasteiger partial charge in [-0.15, -0.1) is 0 Å². The van der Waals surface area contributed by atoms with Crippen LogP contribution in [0.3, 0.4) is 0 Å². The average Bonchev–Trinajstić information content (AvgIpc) is 2.85. The summed E-state index contributed by atoms with van der Waals surface area (Å²) in [6, 6.07) is 15.5. The molecule has 0 aliphatic rings. The van der Waals surface area contributed by atoms with Crippen LogP contribution >= 0.6 is 11.6 Å². The largest absolute Gasteiger partial charge is 0.490 e. The number of anilines is 1. The fraction of sp³-hybridized carbons (Fsp3) is 0.120. The Morgan fingerprint density at radius 1 is 1.11 bits per heavy atom. The average molecular weight is 551 g/mol. The minimum atomic E-state index is -4.61. The van der Waals surface area contributed by atoms with Crippen molar-refractivity contribution in [3.05, 3.63) is 88.5 Å². The van der Waals surface area contributed by atoms with Gasteiger partial charge in [0.25, 0.3) is 5.91 Å². The Morgan fingerprint density at radius 3 is 2.43 bits per heavy atom. The van der Waals surface area contributed by atoms with Gasteiger partial charge in [0, 0.05) is 5.69 Å². The Kier molecular flexibility index (Phi) is 8.47. The second-order valence-electron chi connectivity index (χ2n) is 7.32. The standard InChI is InChI=1S/C25H18ClF3N2O5S/c1-2-35-22-13-16(12-21(26)23(22)36-37(33,34)20-9-4-3-5-10-20)11-17(15-30)24(32)31-19-8-6-7-18(14-19)25(27,28)29/h3-14H,2H2,1H3,(H,31,32)/b17-11+. The normalized spacial score (nSPS) is 11.9. The molecule has 0 spiro atoms. The summed E-state index contributed by atoms with van der Waals surface area (Å²) < 4.78 is 74.8. The molecular formula is C25H18ClF3N2O5S. The lowest BCUT2D eigenvalue weighted by atomic mass is 10.1. The van der Waals surface area contributed by atoms with Crippen LogP contribution in [0.1, 0.15) is 18.1 Å². The summed E-state index contributed by atoms with van der Waals surface area (Å²) in [4.78, 5) is 12.4. The van der Waals surface area contributed by atoms with Gasteiger partial charge in [-0.2, -0.15) is 26.9 Å². The van der Waals surface area contributed by atoms with Gasteiger partial charge in [0.15, 0.2) is 5.75 Å². The lowest BCUT2D eigenvalue weighted by molar-refractivity contribution is -0.137. The second-order valence-corrected chi connectivity index (χ2v) is 9.27. The van der Waals surface area contributed by atoms with Crippen molar-refractivity contribution in [1.82, 2.24) is 0 Å². The van der Waals surface area contributed by atoms with Crippen LogP contribution in [0, 0.1) is 11.3 Å². The summed E-state index contributed by atoms with van der Waals surface area (Å²) in [7, 11) is -4.26. The summed E-state index contributed by atoms with van der Waals surface area (Å²) in [6.07, 6.45) is -3.49. The number of carbonyl (C=O) groups excluding carboxylic acids is 1. The van der Waals surface area contributed by atoms with Crippen LogP contribution in [0.5, 0.6) is 11.5 Å². The number of carbonyl (C=O) groups is 1. The van der Waals surface area contributed by atoms with Crippen molar-refractivity contribution < 1.29 is 35.3 Å². The number of rotatable bonds is 8. The molecule has 0 aromatic heterocycles. The summed E-state index contributed by atoms with van der Waals surface area (Å²) >= 11 is 6.27. The predicted octanol–water partition coefficient (Wildman–Crippen LogP) is 6.07. The van der Waals surface area contributed by atoms with Gasteiger partial charge in [-0.05, 0) is 61.0 Å². The molecule has 0 fully saturated rings. The molecule has 3 rings (SSSR count). The van der Waals surface area contributed by atoms with E-state index in [4.69, 9.17) is 20.5 Å². The van der Waals surface area contributed by atoms with Gasteiger partial charge < -0.3 is 14.2 Å². The van der Waals surface area contributed by atoms with E-state index in [1.165, 1.54) is 42.5 Å². The van der Waals surface area contributed by atoms with Gasteiger partial charge in [-0.1, -0.05) is 35.9 Å². The van der Waals surface area contributed by atoms with Crippen molar-refractivity contribution in [1.29, 1.82) is 5.26 Å². The highest BCUT2D eigenvalue weighted by molar-refractivity contribution is 7.87. The van der Waals surface area contributed by atoms with Crippen molar-refractivity contribution in [3.8, 4) is 17.6 Å². The summed E-state index contributed by atoms with van der Waals surface area (Å²) in [6.45, 7) is 1.74. The molecule has 0 atom stereocenters. The minimum absolute atomic E-state index is 0.0728. The van der Waals surface area contributed by atoms with Gasteiger partial charge >= 0.3 is 16.3 Å². The zero-order chi connectivity index (χ0) is 27.2. The van der Waals surface area contributed by atoms with Crippen LogP contribution in [0.15, 0.2) is 77.2 Å². The Balaban J connectivity index is 1.92. The smallest absolute Gasteiger partial charge is 0.416 e. The van der Waals surface area contributed by atoms with Crippen molar-refractivity contribution in [2.75, 3.05) is 11.9 Å². The maximum Gasteiger partial charge on any atom is 0.416 e. The number of hydrogen-bond acceptors (Lipinski definition) is 6. The molecule has 0 aliphatic heterocycles. The first-order valence-electron chi connectivity index (χ1n) is 10.5. The van der Waals surface area contributed by atoms with E-state index in [1.54, 1.807) is 19.1 Å². The van der Waals surface area contributed by atoms with Crippen molar-refractivity contribution >= 4 is 39.4 Å². The molecule has 0 aliphatic carbocycles. The number of ether oxygens (including phenoxy) is 1. The molecular weight excluding hydrogens is 533 g/mol. The third kappa shape index (κ3) is 7.03. The van der Waals surface area contributed by atoms with Crippen LogP contribution in [0.4, 0.5) is 18.9 Å². The van der Waals surface area contributed by atoms with Gasteiger partial charge in [0.1, 0.15) is 16.5 Å². The Bertz CT molecular complexity index is 1480. The quantitative estimate of drug-likeness (QED) is 0.207. The summed E-state index contributed by atoms with van der Waals surface area (Å²) in [5.41, 5.74) is -1.42. The summed E-state index contributed by atoms with van der Waals surface area (Å²) in [5, 5.41) is 11.5. The SMILES string of the molecule is CCOc1cc(/C=C(\C#N)C(=O)Nc2cccc(C(F)(F)F)c2)cc(Cl)c1OS(=O)(=O)c1ccccc1. The maximum atomic E-state index is 12.9. The Labute approximate surface area is 215 Å². The number of nitriles is 1. The molecule has 0 saturated heterocycles. The molecule has 0 unspecified atom stereocenters. The van der Waals surface area contributed by atoms with Crippen molar-refractivity contribution in [2.24, 2.45) is 0 Å². The van der Waals surface area contributed by atoms with Crippen LogP contribution in [-0.4, -0.2) is 20.9 Å². The monoisotopic (exact) mass is 550 g/mol. The molecule has 3 aromatic rings. The van der Waals surface area contributed by atoms with E-state index in [1.807, 2.05) is 0 Å². The number of hydrogen-bond donors (Lipinski definition) is 1. The highest BCUT2D eigenvalue weighted by Crippen LogP contribution is 2.39. The molecule has 1 amide bonds.